The lowest BCUT2D eigenvalue weighted by Crippen LogP contribution is -1.85. The van der Waals surface area contributed by atoms with E-state index in [0.29, 0.717) is 0 Å². The Morgan fingerprint density at radius 3 is 2.46 bits per heavy atom. The van der Waals surface area contributed by atoms with E-state index in [4.69, 9.17) is 0 Å². The van der Waals surface area contributed by atoms with E-state index >= 15 is 0 Å². The highest BCUT2D eigenvalue weighted by atomic mass is 32.2. The molecule has 0 radical (unpaired) electrons. The quantitative estimate of drug-likeness (QED) is 0.669. The number of carbonyl (C=O) groups is 1. The van der Waals surface area contributed by atoms with Crippen molar-refractivity contribution < 1.29 is 4.79 Å². The minimum atomic E-state index is -0.334. The third-order valence-corrected chi connectivity index (χ3v) is 3.32. The van der Waals surface area contributed by atoms with Crippen LogP contribution in [0.2, 0.25) is 0 Å². The molecule has 1 amide bonds. The molecule has 0 aliphatic carbocycles. The Hall–Kier alpha value is -1.22. The van der Waals surface area contributed by atoms with E-state index < -0.39 is 0 Å². The summed E-state index contributed by atoms with van der Waals surface area (Å²) in [7, 11) is -0.334. The topological polar surface area (TPSA) is 29.4 Å². The van der Waals surface area contributed by atoms with Crippen molar-refractivity contribution in [2.45, 2.75) is 11.8 Å². The van der Waals surface area contributed by atoms with E-state index in [9.17, 15) is 4.79 Å². The summed E-state index contributed by atoms with van der Waals surface area (Å²) in [4.78, 5) is 12.0. The van der Waals surface area contributed by atoms with Crippen LogP contribution in [0.3, 0.4) is 0 Å². The molecule has 0 bridgehead atoms. The van der Waals surface area contributed by atoms with Crippen molar-refractivity contribution in [3.63, 3.8) is 0 Å². The number of hydrogen-bond donors (Lipinski definition) is 0. The van der Waals surface area contributed by atoms with Gasteiger partial charge in [-0.1, -0.05) is 17.7 Å². The Bertz CT molecular complexity index is 403. The first-order chi connectivity index (χ1) is 6.25. The first kappa shape index (κ1) is 8.38. The molecule has 0 fully saturated rings. The van der Waals surface area contributed by atoms with E-state index in [1.807, 2.05) is 36.6 Å². The summed E-state index contributed by atoms with van der Waals surface area (Å²) in [6, 6.07) is 8.11. The maximum absolute atomic E-state index is 10.8. The van der Waals surface area contributed by atoms with Gasteiger partial charge in [0.05, 0.1) is 0 Å². The van der Waals surface area contributed by atoms with Crippen LogP contribution < -0.4 is 0 Å². The number of rotatable bonds is 1. The maximum atomic E-state index is 10.8. The molecule has 1 aromatic rings. The SMILES string of the molecule is Cc1ccc(S2=NC(=O)C=C2)cc1. The van der Waals surface area contributed by atoms with Crippen LogP contribution in [0.25, 0.3) is 0 Å². The molecule has 1 aromatic carbocycles. The third-order valence-electron chi connectivity index (χ3n) is 1.79. The molecule has 0 N–H and O–H groups in total. The average Bonchev–Trinajstić information content (AvgIpc) is 2.53. The highest BCUT2D eigenvalue weighted by molar-refractivity contribution is 7.91. The summed E-state index contributed by atoms with van der Waals surface area (Å²) in [6.07, 6.45) is 1.53. The summed E-state index contributed by atoms with van der Waals surface area (Å²) < 4.78 is 3.97. The Morgan fingerprint density at radius 2 is 1.92 bits per heavy atom. The lowest BCUT2D eigenvalue weighted by Gasteiger charge is -1.98. The van der Waals surface area contributed by atoms with Crippen LogP contribution in [0.5, 0.6) is 0 Å². The van der Waals surface area contributed by atoms with Crippen molar-refractivity contribution in [3.05, 3.63) is 41.3 Å². The molecule has 1 unspecified atom stereocenters. The van der Waals surface area contributed by atoms with Gasteiger partial charge in [-0.2, -0.15) is 4.36 Å². The highest BCUT2D eigenvalue weighted by Gasteiger charge is 2.06. The molecule has 0 aromatic heterocycles. The maximum Gasteiger partial charge on any atom is 0.276 e. The molecule has 66 valence electrons. The van der Waals surface area contributed by atoms with Gasteiger partial charge in [0, 0.05) is 11.0 Å². The van der Waals surface area contributed by atoms with Crippen LogP contribution in [0, 0.1) is 6.92 Å². The van der Waals surface area contributed by atoms with E-state index in [1.165, 1.54) is 11.6 Å². The third kappa shape index (κ3) is 1.75. The predicted molar refractivity (Wildman–Crippen MR) is 53.4 cm³/mol. The molecule has 2 nitrogen and oxygen atoms in total. The molecule has 0 saturated carbocycles. The van der Waals surface area contributed by atoms with Gasteiger partial charge in [0.25, 0.3) is 5.91 Å². The van der Waals surface area contributed by atoms with Gasteiger partial charge in [-0.3, -0.25) is 4.79 Å². The van der Waals surface area contributed by atoms with Crippen molar-refractivity contribution in [3.8, 4) is 0 Å². The molecule has 0 spiro atoms. The van der Waals surface area contributed by atoms with Crippen molar-refractivity contribution in [1.82, 2.24) is 0 Å². The lowest BCUT2D eigenvalue weighted by atomic mass is 10.2. The lowest BCUT2D eigenvalue weighted by molar-refractivity contribution is -0.113. The van der Waals surface area contributed by atoms with E-state index in [2.05, 4.69) is 4.36 Å². The molecule has 13 heavy (non-hydrogen) atoms. The number of carbonyl (C=O) groups excluding carboxylic acids is 1. The fourth-order valence-electron chi connectivity index (χ4n) is 1.09. The first-order valence-corrected chi connectivity index (χ1v) is 5.24. The zero-order valence-electron chi connectivity index (χ0n) is 7.23. The summed E-state index contributed by atoms with van der Waals surface area (Å²) in [5.41, 5.74) is 1.22. The van der Waals surface area contributed by atoms with Gasteiger partial charge >= 0.3 is 0 Å². The Kier molecular flexibility index (Phi) is 2.10. The van der Waals surface area contributed by atoms with E-state index in [1.54, 1.807) is 0 Å². The van der Waals surface area contributed by atoms with Gasteiger partial charge < -0.3 is 0 Å². The number of nitrogens with zero attached hydrogens (tertiary/aromatic N) is 1. The molecular weight excluding hydrogens is 182 g/mol. The van der Waals surface area contributed by atoms with Gasteiger partial charge in [0.15, 0.2) is 0 Å². The smallest absolute Gasteiger partial charge is 0.267 e. The van der Waals surface area contributed by atoms with Crippen molar-refractivity contribution in [2.24, 2.45) is 4.36 Å². The van der Waals surface area contributed by atoms with Crippen LogP contribution in [0.4, 0.5) is 0 Å². The molecule has 1 heterocycles. The average molecular weight is 191 g/mol. The van der Waals surface area contributed by atoms with Crippen LogP contribution >= 0.6 is 0 Å². The van der Waals surface area contributed by atoms with Crippen molar-refractivity contribution >= 4 is 16.6 Å². The molecule has 1 aliphatic rings. The monoisotopic (exact) mass is 191 g/mol. The van der Waals surface area contributed by atoms with Crippen molar-refractivity contribution in [1.29, 1.82) is 0 Å². The van der Waals surface area contributed by atoms with Gasteiger partial charge in [-0.15, -0.1) is 0 Å². The van der Waals surface area contributed by atoms with Crippen LogP contribution in [-0.4, -0.2) is 5.91 Å². The van der Waals surface area contributed by atoms with Gasteiger partial charge in [-0.25, -0.2) is 0 Å². The first-order valence-electron chi connectivity index (χ1n) is 3.99. The highest BCUT2D eigenvalue weighted by Crippen LogP contribution is 2.15. The summed E-state index contributed by atoms with van der Waals surface area (Å²) >= 11 is 0. The summed E-state index contributed by atoms with van der Waals surface area (Å²) in [5, 5.41) is 1.85. The van der Waals surface area contributed by atoms with Crippen LogP contribution in [0.15, 0.2) is 45.0 Å². The second-order valence-electron chi connectivity index (χ2n) is 2.86. The summed E-state index contributed by atoms with van der Waals surface area (Å²) in [6.45, 7) is 2.04. The van der Waals surface area contributed by atoms with Gasteiger partial charge in [0.2, 0.25) is 0 Å². The molecule has 3 heteroatoms. The largest absolute Gasteiger partial charge is 0.276 e. The van der Waals surface area contributed by atoms with Crippen LogP contribution in [-0.2, 0) is 15.5 Å². The zero-order valence-corrected chi connectivity index (χ0v) is 8.04. The summed E-state index contributed by atoms with van der Waals surface area (Å²) in [5.74, 6) is -0.121. The number of benzene rings is 1. The minimum Gasteiger partial charge on any atom is -0.267 e. The normalized spacial score (nSPS) is 20.4. The Morgan fingerprint density at radius 1 is 1.23 bits per heavy atom. The Balaban J connectivity index is 2.37. The van der Waals surface area contributed by atoms with Gasteiger partial charge in [-0.05, 0) is 35.2 Å². The Labute approximate surface area is 79.4 Å². The van der Waals surface area contributed by atoms with E-state index in [-0.39, 0.29) is 16.6 Å². The fraction of sp³-hybridized carbons (Fsp3) is 0.100. The number of aryl methyl sites for hydroxylation is 1. The standard InChI is InChI=1S/C10H9NOS/c1-8-2-4-9(5-3-8)13-7-6-10(12)11-13/h2-7H,1H3. The predicted octanol–water partition coefficient (Wildman–Crippen LogP) is 2.21. The van der Waals surface area contributed by atoms with E-state index in [0.717, 1.165) is 4.90 Å². The molecule has 1 aliphatic heterocycles. The zero-order chi connectivity index (χ0) is 9.26. The molecule has 0 saturated heterocycles. The molecular formula is C10H9NOS. The molecule has 1 atom stereocenters. The minimum absolute atomic E-state index is 0.121. The van der Waals surface area contributed by atoms with Gasteiger partial charge in [0.1, 0.15) is 0 Å². The number of hydrogen-bond acceptors (Lipinski definition) is 1. The molecule has 2 rings (SSSR count). The van der Waals surface area contributed by atoms with Crippen LogP contribution in [0.1, 0.15) is 5.56 Å². The number of amides is 1. The second-order valence-corrected chi connectivity index (χ2v) is 4.42. The fourth-order valence-corrected chi connectivity index (χ4v) is 2.33. The second kappa shape index (κ2) is 3.26. The van der Waals surface area contributed by atoms with Crippen molar-refractivity contribution in [2.75, 3.05) is 0 Å².